The van der Waals surface area contributed by atoms with Gasteiger partial charge in [-0.25, -0.2) is 0 Å². The van der Waals surface area contributed by atoms with Crippen LogP contribution in [0.1, 0.15) is 6.92 Å². The highest BCUT2D eigenvalue weighted by molar-refractivity contribution is 5.20. The lowest BCUT2D eigenvalue weighted by molar-refractivity contribution is -0.0458. The average molecular weight is 333 g/mol. The summed E-state index contributed by atoms with van der Waals surface area (Å²) >= 11 is 0. The lowest BCUT2D eigenvalue weighted by Crippen LogP contribution is -2.55. The van der Waals surface area contributed by atoms with Gasteiger partial charge in [0.15, 0.2) is 0 Å². The fourth-order valence-corrected chi connectivity index (χ4v) is 3.63. The van der Waals surface area contributed by atoms with Crippen molar-refractivity contribution in [1.29, 1.82) is 0 Å². The SMILES string of the molecule is C[C@H]1CN(C[C@H]2CN(C)CCO2)CCN1CCOc1ccccc1. The summed E-state index contributed by atoms with van der Waals surface area (Å²) in [5.41, 5.74) is 0. The molecule has 2 fully saturated rings. The van der Waals surface area contributed by atoms with Gasteiger partial charge in [0.25, 0.3) is 0 Å². The molecule has 5 heteroatoms. The highest BCUT2D eigenvalue weighted by Gasteiger charge is 2.27. The van der Waals surface area contributed by atoms with Gasteiger partial charge in [0, 0.05) is 51.9 Å². The molecule has 1 aromatic rings. The summed E-state index contributed by atoms with van der Waals surface area (Å²) in [4.78, 5) is 7.46. The van der Waals surface area contributed by atoms with E-state index in [4.69, 9.17) is 9.47 Å². The predicted molar refractivity (Wildman–Crippen MR) is 96.6 cm³/mol. The molecule has 0 spiro atoms. The summed E-state index contributed by atoms with van der Waals surface area (Å²) in [5.74, 6) is 0.961. The van der Waals surface area contributed by atoms with Crippen molar-refractivity contribution in [2.75, 3.05) is 66.1 Å². The van der Waals surface area contributed by atoms with Gasteiger partial charge in [0.2, 0.25) is 0 Å². The Morgan fingerprint density at radius 3 is 2.71 bits per heavy atom. The molecule has 2 aliphatic heterocycles. The second-order valence-electron chi connectivity index (χ2n) is 7.06. The van der Waals surface area contributed by atoms with E-state index in [9.17, 15) is 0 Å². The van der Waals surface area contributed by atoms with Crippen molar-refractivity contribution in [3.63, 3.8) is 0 Å². The highest BCUT2D eigenvalue weighted by Crippen LogP contribution is 2.13. The summed E-state index contributed by atoms with van der Waals surface area (Å²) in [7, 11) is 2.18. The number of nitrogens with zero attached hydrogens (tertiary/aromatic N) is 3. The Morgan fingerprint density at radius 1 is 1.12 bits per heavy atom. The molecule has 0 amide bonds. The van der Waals surface area contributed by atoms with Crippen LogP contribution in [-0.2, 0) is 4.74 Å². The van der Waals surface area contributed by atoms with Gasteiger partial charge in [-0.05, 0) is 26.1 Å². The summed E-state index contributed by atoms with van der Waals surface area (Å²) < 4.78 is 11.7. The topological polar surface area (TPSA) is 28.2 Å². The number of rotatable bonds is 6. The maximum absolute atomic E-state index is 5.91. The van der Waals surface area contributed by atoms with Crippen molar-refractivity contribution < 1.29 is 9.47 Å². The zero-order chi connectivity index (χ0) is 16.8. The Bertz CT molecular complexity index is 485. The van der Waals surface area contributed by atoms with Crippen LogP contribution in [0.3, 0.4) is 0 Å². The number of piperazine rings is 1. The van der Waals surface area contributed by atoms with Crippen LogP contribution >= 0.6 is 0 Å². The average Bonchev–Trinajstić information content (AvgIpc) is 2.58. The summed E-state index contributed by atoms with van der Waals surface area (Å²) in [6.45, 7) is 11.5. The largest absolute Gasteiger partial charge is 0.492 e. The summed E-state index contributed by atoms with van der Waals surface area (Å²) in [6.07, 6.45) is 0.365. The van der Waals surface area contributed by atoms with E-state index in [-0.39, 0.29) is 0 Å². The molecular formula is C19H31N3O2. The molecule has 5 nitrogen and oxygen atoms in total. The molecule has 2 saturated heterocycles. The van der Waals surface area contributed by atoms with E-state index >= 15 is 0 Å². The molecule has 0 bridgehead atoms. The van der Waals surface area contributed by atoms with Gasteiger partial charge in [0.05, 0.1) is 12.7 Å². The molecule has 0 radical (unpaired) electrons. The molecule has 0 aromatic heterocycles. The Hall–Kier alpha value is -1.14. The van der Waals surface area contributed by atoms with E-state index in [2.05, 4.69) is 28.7 Å². The maximum Gasteiger partial charge on any atom is 0.119 e. The number of hydrogen-bond acceptors (Lipinski definition) is 5. The summed E-state index contributed by atoms with van der Waals surface area (Å²) in [6, 6.07) is 10.6. The summed E-state index contributed by atoms with van der Waals surface area (Å²) in [5, 5.41) is 0. The van der Waals surface area contributed by atoms with Crippen molar-refractivity contribution >= 4 is 0 Å². The fourth-order valence-electron chi connectivity index (χ4n) is 3.63. The lowest BCUT2D eigenvalue weighted by Gasteiger charge is -2.42. The van der Waals surface area contributed by atoms with Crippen LogP contribution in [0.2, 0.25) is 0 Å². The standard InChI is InChI=1S/C19H31N3O2/c1-17-14-21(16-19-15-20(2)10-12-24-19)8-9-22(17)11-13-23-18-6-4-3-5-7-18/h3-7,17,19H,8-16H2,1-2H3/t17-,19+/m0/s1. The molecule has 0 saturated carbocycles. The molecule has 2 aliphatic rings. The second kappa shape index (κ2) is 8.81. The molecule has 0 aliphatic carbocycles. The zero-order valence-electron chi connectivity index (χ0n) is 15.1. The van der Waals surface area contributed by atoms with Crippen LogP contribution in [0.4, 0.5) is 0 Å². The number of morpholine rings is 1. The van der Waals surface area contributed by atoms with E-state index in [1.807, 2.05) is 30.3 Å². The first-order chi connectivity index (χ1) is 11.7. The fraction of sp³-hybridized carbons (Fsp3) is 0.684. The van der Waals surface area contributed by atoms with Crippen LogP contribution < -0.4 is 4.74 Å². The van der Waals surface area contributed by atoms with E-state index in [1.165, 1.54) is 0 Å². The van der Waals surface area contributed by atoms with Crippen LogP contribution in [0.15, 0.2) is 30.3 Å². The molecule has 0 N–H and O–H groups in total. The van der Waals surface area contributed by atoms with Gasteiger partial charge < -0.3 is 14.4 Å². The van der Waals surface area contributed by atoms with Gasteiger partial charge in [0.1, 0.15) is 12.4 Å². The maximum atomic E-state index is 5.91. The predicted octanol–water partition coefficient (Wildman–Crippen LogP) is 1.40. The van der Waals surface area contributed by atoms with Crippen molar-refractivity contribution in [3.8, 4) is 5.75 Å². The molecule has 3 rings (SSSR count). The van der Waals surface area contributed by atoms with E-state index in [0.717, 1.165) is 64.8 Å². The van der Waals surface area contributed by atoms with Gasteiger partial charge in [-0.1, -0.05) is 18.2 Å². The minimum Gasteiger partial charge on any atom is -0.492 e. The number of benzene rings is 1. The van der Waals surface area contributed by atoms with Crippen LogP contribution in [-0.4, -0.2) is 92.9 Å². The number of likely N-dealkylation sites (N-methyl/N-ethyl adjacent to an activating group) is 1. The van der Waals surface area contributed by atoms with E-state index in [0.29, 0.717) is 12.1 Å². The Morgan fingerprint density at radius 2 is 1.96 bits per heavy atom. The third kappa shape index (κ3) is 5.18. The quantitative estimate of drug-likeness (QED) is 0.785. The van der Waals surface area contributed by atoms with Crippen LogP contribution in [0.25, 0.3) is 0 Å². The first kappa shape index (κ1) is 17.7. The Balaban J connectivity index is 1.37. The first-order valence-corrected chi connectivity index (χ1v) is 9.15. The Labute approximate surface area is 146 Å². The van der Waals surface area contributed by atoms with Gasteiger partial charge >= 0.3 is 0 Å². The van der Waals surface area contributed by atoms with Crippen molar-refractivity contribution in [2.45, 2.75) is 19.1 Å². The smallest absolute Gasteiger partial charge is 0.119 e. The number of hydrogen-bond donors (Lipinski definition) is 0. The first-order valence-electron chi connectivity index (χ1n) is 9.15. The van der Waals surface area contributed by atoms with Crippen LogP contribution in [0, 0.1) is 0 Å². The highest BCUT2D eigenvalue weighted by atomic mass is 16.5. The van der Waals surface area contributed by atoms with E-state index in [1.54, 1.807) is 0 Å². The number of ether oxygens (including phenoxy) is 2. The molecule has 2 atom stereocenters. The molecular weight excluding hydrogens is 302 g/mol. The molecule has 2 heterocycles. The van der Waals surface area contributed by atoms with Crippen LogP contribution in [0.5, 0.6) is 5.75 Å². The molecule has 1 aromatic carbocycles. The monoisotopic (exact) mass is 333 g/mol. The van der Waals surface area contributed by atoms with Gasteiger partial charge in [-0.3, -0.25) is 9.80 Å². The van der Waals surface area contributed by atoms with Gasteiger partial charge in [-0.15, -0.1) is 0 Å². The normalized spacial score (nSPS) is 27.2. The van der Waals surface area contributed by atoms with Crippen molar-refractivity contribution in [1.82, 2.24) is 14.7 Å². The van der Waals surface area contributed by atoms with Crippen molar-refractivity contribution in [2.24, 2.45) is 0 Å². The molecule has 24 heavy (non-hydrogen) atoms. The minimum atomic E-state index is 0.365. The van der Waals surface area contributed by atoms with Gasteiger partial charge in [-0.2, -0.15) is 0 Å². The van der Waals surface area contributed by atoms with Crippen molar-refractivity contribution in [3.05, 3.63) is 30.3 Å². The second-order valence-corrected chi connectivity index (χ2v) is 7.06. The minimum absolute atomic E-state index is 0.365. The van der Waals surface area contributed by atoms with E-state index < -0.39 is 0 Å². The zero-order valence-corrected chi connectivity index (χ0v) is 15.1. The molecule has 0 unspecified atom stereocenters. The third-order valence-corrected chi connectivity index (χ3v) is 5.04. The molecule has 134 valence electrons. The lowest BCUT2D eigenvalue weighted by atomic mass is 10.1. The Kier molecular flexibility index (Phi) is 6.49. The number of para-hydroxylation sites is 1. The third-order valence-electron chi connectivity index (χ3n) is 5.04.